The highest BCUT2D eigenvalue weighted by molar-refractivity contribution is 5.88. The van der Waals surface area contributed by atoms with Crippen LogP contribution in [-0.4, -0.2) is 44.2 Å². The van der Waals surface area contributed by atoms with Gasteiger partial charge in [0.2, 0.25) is 5.91 Å². The SMILES string of the molecule is COc1ccc(C2(C(=O)N(C)C[C@@H]3CCCCO3)CCCC2)cc1. The maximum Gasteiger partial charge on any atom is 0.233 e. The fraction of sp³-hybridized carbons (Fsp3) is 0.650. The van der Waals surface area contributed by atoms with Crippen LogP contribution in [-0.2, 0) is 14.9 Å². The molecule has 1 saturated carbocycles. The molecule has 1 saturated heterocycles. The number of amides is 1. The van der Waals surface area contributed by atoms with Crippen molar-refractivity contribution in [1.29, 1.82) is 0 Å². The van der Waals surface area contributed by atoms with Gasteiger partial charge in [-0.3, -0.25) is 4.79 Å². The third kappa shape index (κ3) is 3.44. The monoisotopic (exact) mass is 331 g/mol. The van der Waals surface area contributed by atoms with Gasteiger partial charge in [0.15, 0.2) is 0 Å². The Morgan fingerprint density at radius 2 is 1.92 bits per heavy atom. The molecule has 0 unspecified atom stereocenters. The highest BCUT2D eigenvalue weighted by Gasteiger charge is 2.44. The van der Waals surface area contributed by atoms with Gasteiger partial charge in [-0.25, -0.2) is 0 Å². The van der Waals surface area contributed by atoms with E-state index < -0.39 is 0 Å². The minimum absolute atomic E-state index is 0.196. The normalized spacial score (nSPS) is 23.0. The number of methoxy groups -OCH3 is 1. The summed E-state index contributed by atoms with van der Waals surface area (Å²) in [6.45, 7) is 1.53. The first kappa shape index (κ1) is 17.3. The number of hydrogen-bond acceptors (Lipinski definition) is 3. The smallest absolute Gasteiger partial charge is 0.233 e. The van der Waals surface area contributed by atoms with E-state index in [1.165, 1.54) is 6.42 Å². The maximum absolute atomic E-state index is 13.3. The molecule has 0 bridgehead atoms. The number of carbonyl (C=O) groups is 1. The quantitative estimate of drug-likeness (QED) is 0.828. The van der Waals surface area contributed by atoms with E-state index in [1.807, 2.05) is 24.1 Å². The number of likely N-dealkylation sites (N-methyl/N-ethyl adjacent to an activating group) is 1. The van der Waals surface area contributed by atoms with Crippen LogP contribution in [0.5, 0.6) is 5.75 Å². The Morgan fingerprint density at radius 1 is 1.21 bits per heavy atom. The summed E-state index contributed by atoms with van der Waals surface area (Å²) < 4.78 is 11.1. The summed E-state index contributed by atoms with van der Waals surface area (Å²) in [6, 6.07) is 8.06. The predicted molar refractivity (Wildman–Crippen MR) is 94.4 cm³/mol. The standard InChI is InChI=1S/C20H29NO3/c1-21(15-18-7-3-6-14-24-18)19(22)20(12-4-5-13-20)16-8-10-17(23-2)11-9-16/h8-11,18H,3-7,12-15H2,1-2H3/t18-/m0/s1. The largest absolute Gasteiger partial charge is 0.497 e. The molecule has 0 radical (unpaired) electrons. The van der Waals surface area contributed by atoms with Crippen molar-refractivity contribution < 1.29 is 14.3 Å². The number of carbonyl (C=O) groups excluding carboxylic acids is 1. The second kappa shape index (κ2) is 7.56. The Balaban J connectivity index is 1.76. The number of ether oxygens (including phenoxy) is 2. The molecule has 2 fully saturated rings. The van der Waals surface area contributed by atoms with Crippen LogP contribution in [0.3, 0.4) is 0 Å². The van der Waals surface area contributed by atoms with Gasteiger partial charge in [0.25, 0.3) is 0 Å². The Hall–Kier alpha value is -1.55. The average molecular weight is 331 g/mol. The van der Waals surface area contributed by atoms with E-state index in [-0.39, 0.29) is 17.4 Å². The van der Waals surface area contributed by atoms with Crippen LogP contribution >= 0.6 is 0 Å². The number of rotatable bonds is 5. The molecule has 1 aromatic carbocycles. The highest BCUT2D eigenvalue weighted by Crippen LogP contribution is 2.43. The van der Waals surface area contributed by atoms with E-state index >= 15 is 0 Å². The van der Waals surface area contributed by atoms with Gasteiger partial charge in [-0.15, -0.1) is 0 Å². The molecule has 4 heteroatoms. The van der Waals surface area contributed by atoms with Crippen molar-refractivity contribution in [1.82, 2.24) is 4.90 Å². The highest BCUT2D eigenvalue weighted by atomic mass is 16.5. The molecule has 1 aromatic rings. The number of benzene rings is 1. The summed E-state index contributed by atoms with van der Waals surface area (Å²) in [6.07, 6.45) is 7.72. The van der Waals surface area contributed by atoms with Crippen molar-refractivity contribution in [3.63, 3.8) is 0 Å². The van der Waals surface area contributed by atoms with Gasteiger partial charge in [-0.1, -0.05) is 25.0 Å². The van der Waals surface area contributed by atoms with E-state index in [9.17, 15) is 4.79 Å². The Labute approximate surface area is 145 Å². The fourth-order valence-electron chi connectivity index (χ4n) is 4.22. The van der Waals surface area contributed by atoms with Gasteiger partial charge in [-0.05, 0) is 49.8 Å². The van der Waals surface area contributed by atoms with E-state index in [0.29, 0.717) is 6.54 Å². The van der Waals surface area contributed by atoms with Crippen LogP contribution in [0.4, 0.5) is 0 Å². The second-order valence-electron chi connectivity index (χ2n) is 7.19. The first-order chi connectivity index (χ1) is 11.7. The lowest BCUT2D eigenvalue weighted by molar-refractivity contribution is -0.138. The van der Waals surface area contributed by atoms with Gasteiger partial charge in [0.1, 0.15) is 5.75 Å². The molecule has 0 spiro atoms. The number of nitrogens with zero attached hydrogens (tertiary/aromatic N) is 1. The van der Waals surface area contributed by atoms with Gasteiger partial charge in [-0.2, -0.15) is 0 Å². The summed E-state index contributed by atoms with van der Waals surface area (Å²) in [7, 11) is 3.60. The minimum atomic E-state index is -0.365. The van der Waals surface area contributed by atoms with E-state index in [2.05, 4.69) is 12.1 Å². The molecular weight excluding hydrogens is 302 g/mol. The first-order valence-corrected chi connectivity index (χ1v) is 9.17. The van der Waals surface area contributed by atoms with Crippen molar-refractivity contribution >= 4 is 5.91 Å². The molecule has 24 heavy (non-hydrogen) atoms. The Bertz CT molecular complexity index is 543. The Morgan fingerprint density at radius 3 is 2.50 bits per heavy atom. The van der Waals surface area contributed by atoms with Crippen LogP contribution < -0.4 is 4.74 Å². The lowest BCUT2D eigenvalue weighted by Gasteiger charge is -2.35. The predicted octanol–water partition coefficient (Wildman–Crippen LogP) is 3.53. The van der Waals surface area contributed by atoms with E-state index in [1.54, 1.807) is 7.11 Å². The summed E-state index contributed by atoms with van der Waals surface area (Å²) in [5.41, 5.74) is 0.762. The molecule has 2 aliphatic rings. The molecule has 4 nitrogen and oxygen atoms in total. The van der Waals surface area contributed by atoms with Crippen molar-refractivity contribution in [3.8, 4) is 5.75 Å². The van der Waals surface area contributed by atoms with Crippen LogP contribution in [0.2, 0.25) is 0 Å². The van der Waals surface area contributed by atoms with Crippen LogP contribution in [0.1, 0.15) is 50.5 Å². The summed E-state index contributed by atoms with van der Waals surface area (Å²) in [5.74, 6) is 1.09. The van der Waals surface area contributed by atoms with Crippen LogP contribution in [0, 0.1) is 0 Å². The average Bonchev–Trinajstić information content (AvgIpc) is 3.13. The lowest BCUT2D eigenvalue weighted by Crippen LogP contribution is -2.47. The molecule has 132 valence electrons. The van der Waals surface area contributed by atoms with Crippen molar-refractivity contribution in [2.24, 2.45) is 0 Å². The summed E-state index contributed by atoms with van der Waals surface area (Å²) >= 11 is 0. The molecule has 1 aliphatic carbocycles. The molecule has 0 N–H and O–H groups in total. The molecule has 1 heterocycles. The zero-order valence-electron chi connectivity index (χ0n) is 14.9. The molecular formula is C20H29NO3. The lowest BCUT2D eigenvalue weighted by atomic mass is 9.77. The summed E-state index contributed by atoms with van der Waals surface area (Å²) in [4.78, 5) is 15.2. The maximum atomic E-state index is 13.3. The second-order valence-corrected chi connectivity index (χ2v) is 7.19. The molecule has 1 atom stereocenters. The molecule has 0 aromatic heterocycles. The third-order valence-corrected chi connectivity index (χ3v) is 5.61. The van der Waals surface area contributed by atoms with Crippen molar-refractivity contribution in [2.45, 2.75) is 56.5 Å². The van der Waals surface area contributed by atoms with Gasteiger partial charge in [0, 0.05) is 20.2 Å². The fourth-order valence-corrected chi connectivity index (χ4v) is 4.22. The number of hydrogen-bond donors (Lipinski definition) is 0. The molecule has 1 amide bonds. The first-order valence-electron chi connectivity index (χ1n) is 9.17. The molecule has 3 rings (SSSR count). The Kier molecular flexibility index (Phi) is 5.44. The van der Waals surface area contributed by atoms with E-state index in [4.69, 9.17) is 9.47 Å². The third-order valence-electron chi connectivity index (χ3n) is 5.61. The summed E-state index contributed by atoms with van der Waals surface area (Å²) in [5, 5.41) is 0. The zero-order valence-corrected chi connectivity index (χ0v) is 14.9. The zero-order chi connectivity index (χ0) is 17.0. The van der Waals surface area contributed by atoms with Crippen molar-refractivity contribution in [2.75, 3.05) is 27.3 Å². The van der Waals surface area contributed by atoms with Crippen LogP contribution in [0.25, 0.3) is 0 Å². The van der Waals surface area contributed by atoms with Gasteiger partial charge >= 0.3 is 0 Å². The van der Waals surface area contributed by atoms with Crippen molar-refractivity contribution in [3.05, 3.63) is 29.8 Å². The topological polar surface area (TPSA) is 38.8 Å². The molecule has 1 aliphatic heterocycles. The van der Waals surface area contributed by atoms with Gasteiger partial charge < -0.3 is 14.4 Å². The minimum Gasteiger partial charge on any atom is -0.497 e. The van der Waals surface area contributed by atoms with Crippen LogP contribution in [0.15, 0.2) is 24.3 Å². The van der Waals surface area contributed by atoms with Gasteiger partial charge in [0.05, 0.1) is 18.6 Å². The van der Waals surface area contributed by atoms with E-state index in [0.717, 1.165) is 56.4 Å².